The van der Waals surface area contributed by atoms with Crippen LogP contribution in [-0.4, -0.2) is 49.4 Å². The Morgan fingerprint density at radius 2 is 2.60 bits per heavy atom. The Balaban J connectivity index is 1.88. The molecule has 15 heavy (non-hydrogen) atoms. The summed E-state index contributed by atoms with van der Waals surface area (Å²) >= 11 is 0. The Bertz CT molecular complexity index is 287. The van der Waals surface area contributed by atoms with Gasteiger partial charge in [0.25, 0.3) is 0 Å². The highest BCUT2D eigenvalue weighted by Gasteiger charge is 2.15. The Hall–Kier alpha value is -1.20. The van der Waals surface area contributed by atoms with Crippen LogP contribution in [0.15, 0.2) is 18.6 Å². The minimum absolute atomic E-state index is 0.249. The molecule has 1 fully saturated rings. The number of morpholine rings is 1. The molecule has 0 aliphatic carbocycles. The summed E-state index contributed by atoms with van der Waals surface area (Å²) in [7, 11) is 2.01. The molecule has 1 aromatic heterocycles. The Labute approximate surface area is 89.5 Å². The smallest absolute Gasteiger partial charge is 0.131 e. The summed E-state index contributed by atoms with van der Waals surface area (Å²) in [6, 6.07) is 1.90. The molecule has 0 saturated carbocycles. The highest BCUT2D eigenvalue weighted by atomic mass is 16.5. The standard InChI is InChI=1S/C10H16N4O/c1-14(10-2-3-12-8-13-10)7-9-6-11-4-5-15-9/h2-3,8-9,11H,4-7H2,1H3. The van der Waals surface area contributed by atoms with Crippen LogP contribution < -0.4 is 10.2 Å². The molecule has 1 N–H and O–H groups in total. The lowest BCUT2D eigenvalue weighted by molar-refractivity contribution is 0.0339. The minimum atomic E-state index is 0.249. The van der Waals surface area contributed by atoms with E-state index in [0.29, 0.717) is 0 Å². The van der Waals surface area contributed by atoms with Gasteiger partial charge in [-0.25, -0.2) is 9.97 Å². The van der Waals surface area contributed by atoms with Crippen molar-refractivity contribution in [3.05, 3.63) is 18.6 Å². The van der Waals surface area contributed by atoms with Gasteiger partial charge in [0.2, 0.25) is 0 Å². The quantitative estimate of drug-likeness (QED) is 0.752. The average molecular weight is 208 g/mol. The summed E-state index contributed by atoms with van der Waals surface area (Å²) < 4.78 is 5.62. The van der Waals surface area contributed by atoms with Crippen LogP contribution in [-0.2, 0) is 4.74 Å². The van der Waals surface area contributed by atoms with E-state index >= 15 is 0 Å². The lowest BCUT2D eigenvalue weighted by Gasteiger charge is -2.28. The molecular formula is C10H16N4O. The van der Waals surface area contributed by atoms with Crippen molar-refractivity contribution in [2.75, 3.05) is 38.2 Å². The third kappa shape index (κ3) is 2.87. The molecule has 2 heterocycles. The molecule has 0 amide bonds. The summed E-state index contributed by atoms with van der Waals surface area (Å²) in [5, 5.41) is 3.31. The summed E-state index contributed by atoms with van der Waals surface area (Å²) in [6.07, 6.45) is 3.56. The predicted molar refractivity (Wildman–Crippen MR) is 57.9 cm³/mol. The lowest BCUT2D eigenvalue weighted by Crippen LogP contribution is -2.44. The summed E-state index contributed by atoms with van der Waals surface area (Å²) in [5.41, 5.74) is 0. The van der Waals surface area contributed by atoms with Gasteiger partial charge in [0.15, 0.2) is 0 Å². The summed E-state index contributed by atoms with van der Waals surface area (Å²) in [5.74, 6) is 0.930. The van der Waals surface area contributed by atoms with Crippen LogP contribution in [0.25, 0.3) is 0 Å². The maximum absolute atomic E-state index is 5.62. The number of rotatable bonds is 3. The summed E-state index contributed by atoms with van der Waals surface area (Å²) in [6.45, 7) is 3.51. The second kappa shape index (κ2) is 5.04. The molecule has 1 unspecified atom stereocenters. The van der Waals surface area contributed by atoms with Crippen LogP contribution in [0.2, 0.25) is 0 Å². The zero-order valence-corrected chi connectivity index (χ0v) is 8.89. The molecule has 5 heteroatoms. The number of ether oxygens (including phenoxy) is 1. The molecule has 0 radical (unpaired) electrons. The van der Waals surface area contributed by atoms with Gasteiger partial charge in [0.05, 0.1) is 12.7 Å². The summed E-state index contributed by atoms with van der Waals surface area (Å²) in [4.78, 5) is 10.2. The number of aromatic nitrogens is 2. The van der Waals surface area contributed by atoms with Gasteiger partial charge in [-0.1, -0.05) is 0 Å². The number of hydrogen-bond acceptors (Lipinski definition) is 5. The highest BCUT2D eigenvalue weighted by Crippen LogP contribution is 2.07. The van der Waals surface area contributed by atoms with E-state index in [1.54, 1.807) is 12.5 Å². The molecule has 0 spiro atoms. The zero-order valence-electron chi connectivity index (χ0n) is 8.89. The van der Waals surface area contributed by atoms with Crippen molar-refractivity contribution >= 4 is 5.82 Å². The molecular weight excluding hydrogens is 192 g/mol. The Morgan fingerprint density at radius 1 is 1.67 bits per heavy atom. The van der Waals surface area contributed by atoms with Crippen LogP contribution in [0.4, 0.5) is 5.82 Å². The van der Waals surface area contributed by atoms with Crippen molar-refractivity contribution in [3.8, 4) is 0 Å². The normalized spacial score (nSPS) is 21.3. The molecule has 1 aliphatic rings. The molecule has 2 rings (SSSR count). The molecule has 1 aromatic rings. The van der Waals surface area contributed by atoms with Crippen LogP contribution in [0, 0.1) is 0 Å². The van der Waals surface area contributed by atoms with Gasteiger partial charge in [0.1, 0.15) is 12.1 Å². The maximum atomic E-state index is 5.62. The van der Waals surface area contributed by atoms with E-state index in [9.17, 15) is 0 Å². The van der Waals surface area contributed by atoms with Crippen LogP contribution in [0.5, 0.6) is 0 Å². The number of hydrogen-bond donors (Lipinski definition) is 1. The topological polar surface area (TPSA) is 50.3 Å². The predicted octanol–water partition coefficient (Wildman–Crippen LogP) is -0.0988. The number of anilines is 1. The fourth-order valence-corrected chi connectivity index (χ4v) is 1.65. The van der Waals surface area contributed by atoms with E-state index in [1.165, 1.54) is 0 Å². The van der Waals surface area contributed by atoms with Gasteiger partial charge in [-0.05, 0) is 6.07 Å². The highest BCUT2D eigenvalue weighted by molar-refractivity contribution is 5.35. The fraction of sp³-hybridized carbons (Fsp3) is 0.600. The van der Waals surface area contributed by atoms with E-state index in [1.807, 2.05) is 13.1 Å². The first-order valence-corrected chi connectivity index (χ1v) is 5.16. The maximum Gasteiger partial charge on any atom is 0.131 e. The third-order valence-electron chi connectivity index (χ3n) is 2.44. The molecule has 1 saturated heterocycles. The minimum Gasteiger partial charge on any atom is -0.374 e. The van der Waals surface area contributed by atoms with Gasteiger partial charge < -0.3 is 15.0 Å². The average Bonchev–Trinajstić information content (AvgIpc) is 2.31. The van der Waals surface area contributed by atoms with E-state index in [2.05, 4.69) is 20.2 Å². The van der Waals surface area contributed by atoms with E-state index in [-0.39, 0.29) is 6.10 Å². The zero-order chi connectivity index (χ0) is 10.5. The van der Waals surface area contributed by atoms with Crippen molar-refractivity contribution < 1.29 is 4.74 Å². The molecule has 1 aliphatic heterocycles. The lowest BCUT2D eigenvalue weighted by atomic mass is 10.3. The molecule has 82 valence electrons. The second-order valence-electron chi connectivity index (χ2n) is 3.65. The van der Waals surface area contributed by atoms with Gasteiger partial charge >= 0.3 is 0 Å². The van der Waals surface area contributed by atoms with E-state index in [4.69, 9.17) is 4.74 Å². The van der Waals surface area contributed by atoms with Crippen molar-refractivity contribution in [2.45, 2.75) is 6.10 Å². The van der Waals surface area contributed by atoms with Gasteiger partial charge in [-0.2, -0.15) is 0 Å². The number of likely N-dealkylation sites (N-methyl/N-ethyl adjacent to an activating group) is 1. The van der Waals surface area contributed by atoms with Crippen molar-refractivity contribution in [1.82, 2.24) is 15.3 Å². The Morgan fingerprint density at radius 3 is 3.27 bits per heavy atom. The van der Waals surface area contributed by atoms with Gasteiger partial charge in [-0.15, -0.1) is 0 Å². The first-order chi connectivity index (χ1) is 7.36. The van der Waals surface area contributed by atoms with Crippen molar-refractivity contribution in [3.63, 3.8) is 0 Å². The van der Waals surface area contributed by atoms with Gasteiger partial charge in [0, 0.05) is 32.9 Å². The molecule has 0 bridgehead atoms. The monoisotopic (exact) mass is 208 g/mol. The fourth-order valence-electron chi connectivity index (χ4n) is 1.65. The first kappa shape index (κ1) is 10.3. The van der Waals surface area contributed by atoms with Crippen LogP contribution >= 0.6 is 0 Å². The van der Waals surface area contributed by atoms with Crippen molar-refractivity contribution in [1.29, 1.82) is 0 Å². The molecule has 5 nitrogen and oxygen atoms in total. The first-order valence-electron chi connectivity index (χ1n) is 5.16. The van der Waals surface area contributed by atoms with E-state index < -0.39 is 0 Å². The molecule has 0 aromatic carbocycles. The number of nitrogens with zero attached hydrogens (tertiary/aromatic N) is 3. The largest absolute Gasteiger partial charge is 0.374 e. The van der Waals surface area contributed by atoms with Crippen molar-refractivity contribution in [2.24, 2.45) is 0 Å². The van der Waals surface area contributed by atoms with Crippen LogP contribution in [0.1, 0.15) is 0 Å². The Kier molecular flexibility index (Phi) is 3.47. The third-order valence-corrected chi connectivity index (χ3v) is 2.44. The van der Waals surface area contributed by atoms with Gasteiger partial charge in [-0.3, -0.25) is 0 Å². The number of nitrogens with one attached hydrogen (secondary N) is 1. The SMILES string of the molecule is CN(CC1CNCCO1)c1ccncn1. The second-order valence-corrected chi connectivity index (χ2v) is 3.65. The van der Waals surface area contributed by atoms with E-state index in [0.717, 1.165) is 32.1 Å². The molecule has 1 atom stereocenters. The van der Waals surface area contributed by atoms with Crippen LogP contribution in [0.3, 0.4) is 0 Å².